The third-order valence-electron chi connectivity index (χ3n) is 5.51. The first-order chi connectivity index (χ1) is 12.8. The number of amides is 2. The van der Waals surface area contributed by atoms with Gasteiger partial charge >= 0.3 is 0 Å². The van der Waals surface area contributed by atoms with Crippen molar-refractivity contribution in [1.29, 1.82) is 0 Å². The van der Waals surface area contributed by atoms with Crippen molar-refractivity contribution in [3.05, 3.63) is 11.9 Å². The van der Waals surface area contributed by atoms with E-state index >= 15 is 0 Å². The fraction of sp³-hybridized carbons (Fsp3) is 0.789. The molecule has 2 aliphatic heterocycles. The first-order valence-corrected chi connectivity index (χ1v) is 10.1. The van der Waals surface area contributed by atoms with E-state index in [0.29, 0.717) is 25.4 Å². The number of nitrogens with zero attached hydrogens (tertiary/aromatic N) is 5. The SMILES string of the molecule is CC(C)(N)c1cn(CC2CCCN(C(=O)CN3CCCCCC3=O)C2)nn1. The van der Waals surface area contributed by atoms with E-state index < -0.39 is 5.54 Å². The molecule has 1 aromatic rings. The zero-order valence-electron chi connectivity index (χ0n) is 16.6. The Morgan fingerprint density at radius 2 is 2.07 bits per heavy atom. The van der Waals surface area contributed by atoms with Crippen molar-refractivity contribution in [3.63, 3.8) is 0 Å². The first kappa shape index (κ1) is 19.8. The van der Waals surface area contributed by atoms with Crippen molar-refractivity contribution in [2.24, 2.45) is 11.7 Å². The minimum Gasteiger partial charge on any atom is -0.341 e. The average molecular weight is 377 g/mol. The van der Waals surface area contributed by atoms with E-state index in [-0.39, 0.29) is 18.4 Å². The van der Waals surface area contributed by atoms with Crippen molar-refractivity contribution in [2.45, 2.75) is 64.5 Å². The fourth-order valence-electron chi connectivity index (χ4n) is 3.86. The molecule has 0 spiro atoms. The normalized spacial score (nSPS) is 22.0. The summed E-state index contributed by atoms with van der Waals surface area (Å²) in [5, 5.41) is 8.36. The Hall–Kier alpha value is -1.96. The largest absolute Gasteiger partial charge is 0.341 e. The lowest BCUT2D eigenvalue weighted by Gasteiger charge is -2.34. The van der Waals surface area contributed by atoms with E-state index in [4.69, 9.17) is 5.73 Å². The lowest BCUT2D eigenvalue weighted by Crippen LogP contribution is -2.47. The second-order valence-electron chi connectivity index (χ2n) is 8.52. The molecule has 0 aliphatic carbocycles. The maximum absolute atomic E-state index is 12.7. The van der Waals surface area contributed by atoms with Gasteiger partial charge < -0.3 is 15.5 Å². The zero-order valence-corrected chi connectivity index (χ0v) is 16.6. The van der Waals surface area contributed by atoms with Gasteiger partial charge in [0.15, 0.2) is 0 Å². The summed E-state index contributed by atoms with van der Waals surface area (Å²) in [5.74, 6) is 0.532. The molecular weight excluding hydrogens is 344 g/mol. The standard InChI is InChI=1S/C19H32N6O2/c1-19(2,20)16-13-25(22-21-16)12-15-7-6-10-23(11-15)18(27)14-24-9-5-3-4-8-17(24)26/h13,15H,3-12,14,20H2,1-2H3. The lowest BCUT2D eigenvalue weighted by atomic mass is 9.98. The maximum atomic E-state index is 12.7. The van der Waals surface area contributed by atoms with Crippen molar-refractivity contribution < 1.29 is 9.59 Å². The number of piperidine rings is 1. The molecule has 1 atom stereocenters. The van der Waals surface area contributed by atoms with E-state index in [1.807, 2.05) is 29.6 Å². The van der Waals surface area contributed by atoms with Crippen LogP contribution in [0.25, 0.3) is 0 Å². The molecule has 8 nitrogen and oxygen atoms in total. The van der Waals surface area contributed by atoms with E-state index in [1.54, 1.807) is 4.90 Å². The quantitative estimate of drug-likeness (QED) is 0.830. The summed E-state index contributed by atoms with van der Waals surface area (Å²) in [6, 6.07) is 0. The van der Waals surface area contributed by atoms with Gasteiger partial charge in [0.25, 0.3) is 0 Å². The molecule has 2 fully saturated rings. The highest BCUT2D eigenvalue weighted by molar-refractivity contribution is 5.85. The molecule has 0 saturated carbocycles. The van der Waals surface area contributed by atoms with Crippen molar-refractivity contribution in [1.82, 2.24) is 24.8 Å². The second-order valence-corrected chi connectivity index (χ2v) is 8.52. The summed E-state index contributed by atoms with van der Waals surface area (Å²) in [5.41, 5.74) is 6.34. The van der Waals surface area contributed by atoms with Gasteiger partial charge in [-0.1, -0.05) is 11.6 Å². The molecule has 3 rings (SSSR count). The summed E-state index contributed by atoms with van der Waals surface area (Å²) < 4.78 is 1.83. The monoisotopic (exact) mass is 376 g/mol. The van der Waals surface area contributed by atoms with Crippen LogP contribution < -0.4 is 5.73 Å². The first-order valence-electron chi connectivity index (χ1n) is 10.1. The molecule has 1 unspecified atom stereocenters. The summed E-state index contributed by atoms with van der Waals surface area (Å²) >= 11 is 0. The molecule has 27 heavy (non-hydrogen) atoms. The van der Waals surface area contributed by atoms with Gasteiger partial charge in [-0.3, -0.25) is 14.3 Å². The van der Waals surface area contributed by atoms with Crippen LogP contribution in [0.5, 0.6) is 0 Å². The highest BCUT2D eigenvalue weighted by Crippen LogP contribution is 2.20. The predicted octanol–water partition coefficient (Wildman–Crippen LogP) is 1.11. The molecule has 2 saturated heterocycles. The van der Waals surface area contributed by atoms with E-state index in [9.17, 15) is 9.59 Å². The third-order valence-corrected chi connectivity index (χ3v) is 5.51. The number of carbonyl (C=O) groups is 2. The summed E-state index contributed by atoms with van der Waals surface area (Å²) in [6.45, 7) is 6.96. The molecule has 2 amide bonds. The van der Waals surface area contributed by atoms with Crippen LogP contribution in [0.2, 0.25) is 0 Å². The van der Waals surface area contributed by atoms with Gasteiger partial charge in [-0.15, -0.1) is 5.10 Å². The van der Waals surface area contributed by atoms with Gasteiger partial charge in [-0.2, -0.15) is 0 Å². The maximum Gasteiger partial charge on any atom is 0.242 e. The summed E-state index contributed by atoms with van der Waals surface area (Å²) in [6.07, 6.45) is 7.52. The van der Waals surface area contributed by atoms with Gasteiger partial charge in [0.05, 0.1) is 18.3 Å². The number of aromatic nitrogens is 3. The van der Waals surface area contributed by atoms with Gasteiger partial charge in [0.1, 0.15) is 5.69 Å². The van der Waals surface area contributed by atoms with Crippen LogP contribution in [0, 0.1) is 5.92 Å². The Bertz CT molecular complexity index is 665. The Kier molecular flexibility index (Phi) is 6.14. The van der Waals surface area contributed by atoms with Crippen LogP contribution in [0.3, 0.4) is 0 Å². The van der Waals surface area contributed by atoms with Crippen LogP contribution in [0.1, 0.15) is 58.1 Å². The third kappa shape index (κ3) is 5.28. The molecule has 2 aliphatic rings. The van der Waals surface area contributed by atoms with Crippen molar-refractivity contribution in [2.75, 3.05) is 26.2 Å². The van der Waals surface area contributed by atoms with Crippen LogP contribution in [0.4, 0.5) is 0 Å². The van der Waals surface area contributed by atoms with Gasteiger partial charge in [0.2, 0.25) is 11.8 Å². The lowest BCUT2D eigenvalue weighted by molar-refractivity contribution is -0.141. The van der Waals surface area contributed by atoms with Crippen LogP contribution >= 0.6 is 0 Å². The highest BCUT2D eigenvalue weighted by Gasteiger charge is 2.27. The molecule has 1 aromatic heterocycles. The van der Waals surface area contributed by atoms with Crippen LogP contribution in [0.15, 0.2) is 6.20 Å². The molecule has 150 valence electrons. The minimum absolute atomic E-state index is 0.0670. The second kappa shape index (κ2) is 8.37. The smallest absolute Gasteiger partial charge is 0.242 e. The highest BCUT2D eigenvalue weighted by atomic mass is 16.2. The van der Waals surface area contributed by atoms with Crippen LogP contribution in [-0.4, -0.2) is 62.8 Å². The number of hydrogen-bond donors (Lipinski definition) is 1. The fourth-order valence-corrected chi connectivity index (χ4v) is 3.86. The molecule has 0 bridgehead atoms. The number of nitrogens with two attached hydrogens (primary N) is 1. The Morgan fingerprint density at radius 3 is 2.81 bits per heavy atom. The Labute approximate surface area is 161 Å². The number of carbonyl (C=O) groups excluding carboxylic acids is 2. The van der Waals surface area contributed by atoms with E-state index in [2.05, 4.69) is 10.3 Å². The number of rotatable bonds is 5. The summed E-state index contributed by atoms with van der Waals surface area (Å²) in [4.78, 5) is 28.5. The number of likely N-dealkylation sites (tertiary alicyclic amines) is 2. The molecule has 8 heteroatoms. The summed E-state index contributed by atoms with van der Waals surface area (Å²) in [7, 11) is 0. The van der Waals surface area contributed by atoms with Crippen LogP contribution in [-0.2, 0) is 21.7 Å². The van der Waals surface area contributed by atoms with Crippen molar-refractivity contribution in [3.8, 4) is 0 Å². The van der Waals surface area contributed by atoms with Gasteiger partial charge in [-0.05, 0) is 45.4 Å². The molecular formula is C19H32N6O2. The molecule has 2 N–H and O–H groups in total. The Balaban J connectivity index is 1.54. The molecule has 3 heterocycles. The molecule has 0 radical (unpaired) electrons. The zero-order chi connectivity index (χ0) is 19.4. The minimum atomic E-state index is -0.507. The predicted molar refractivity (Wildman–Crippen MR) is 102 cm³/mol. The number of hydrogen-bond acceptors (Lipinski definition) is 5. The molecule has 0 aromatic carbocycles. The Morgan fingerprint density at radius 1 is 1.26 bits per heavy atom. The van der Waals surface area contributed by atoms with E-state index in [1.165, 1.54) is 0 Å². The van der Waals surface area contributed by atoms with E-state index in [0.717, 1.165) is 50.9 Å². The average Bonchev–Trinajstić information content (AvgIpc) is 3.00. The topological polar surface area (TPSA) is 97.3 Å². The van der Waals surface area contributed by atoms with Gasteiger partial charge in [0, 0.05) is 32.6 Å². The van der Waals surface area contributed by atoms with Crippen molar-refractivity contribution >= 4 is 11.8 Å². The van der Waals surface area contributed by atoms with Gasteiger partial charge in [-0.25, -0.2) is 0 Å².